The van der Waals surface area contributed by atoms with Gasteiger partial charge in [-0.3, -0.25) is 4.79 Å². The Morgan fingerprint density at radius 3 is 2.43 bits per heavy atom. The van der Waals surface area contributed by atoms with Gasteiger partial charge in [0.2, 0.25) is 0 Å². The Morgan fingerprint density at radius 1 is 1.00 bits per heavy atom. The average Bonchev–Trinajstić information content (AvgIpc) is 2.47. The average molecular weight is 276 g/mol. The highest BCUT2D eigenvalue weighted by Gasteiger charge is 2.34. The van der Waals surface area contributed by atoms with Gasteiger partial charge in [0.05, 0.1) is 0 Å². The van der Waals surface area contributed by atoms with Crippen LogP contribution in [0.1, 0.15) is 47.3 Å². The van der Waals surface area contributed by atoms with Gasteiger partial charge in [0.1, 0.15) is 0 Å². The minimum Gasteiger partial charge on any atom is -0.289 e. The fourth-order valence-corrected chi connectivity index (χ4v) is 3.15. The monoisotopic (exact) mass is 276 g/mol. The molecule has 1 heteroatoms. The van der Waals surface area contributed by atoms with Gasteiger partial charge < -0.3 is 0 Å². The first-order valence-corrected chi connectivity index (χ1v) is 7.39. The number of fused-ring (bicyclic) bond motifs is 1. The number of carbonyl (C=O) groups is 1. The second-order valence-corrected chi connectivity index (χ2v) is 6.46. The SMILES string of the molecule is Cc1ccccc1/C=C1\CC(C)(C)c2ccccc2C1=O. The molecule has 0 atom stereocenters. The first-order chi connectivity index (χ1) is 9.99. The Morgan fingerprint density at radius 2 is 1.67 bits per heavy atom. The fraction of sp³-hybridized carbons (Fsp3) is 0.250. The third kappa shape index (κ3) is 2.44. The van der Waals surface area contributed by atoms with Crippen LogP contribution in [0.5, 0.6) is 0 Å². The van der Waals surface area contributed by atoms with Crippen LogP contribution < -0.4 is 0 Å². The molecule has 0 amide bonds. The van der Waals surface area contributed by atoms with Crippen molar-refractivity contribution in [3.63, 3.8) is 0 Å². The second kappa shape index (κ2) is 5.00. The highest BCUT2D eigenvalue weighted by atomic mass is 16.1. The lowest BCUT2D eigenvalue weighted by Gasteiger charge is -2.33. The number of carbonyl (C=O) groups excluding carboxylic acids is 1. The summed E-state index contributed by atoms with van der Waals surface area (Å²) in [6, 6.07) is 16.2. The highest BCUT2D eigenvalue weighted by molar-refractivity contribution is 6.13. The molecule has 0 fully saturated rings. The zero-order valence-electron chi connectivity index (χ0n) is 12.8. The van der Waals surface area contributed by atoms with Gasteiger partial charge in [-0.15, -0.1) is 0 Å². The molecule has 0 spiro atoms. The van der Waals surface area contributed by atoms with Gasteiger partial charge in [-0.25, -0.2) is 0 Å². The van der Waals surface area contributed by atoms with E-state index in [-0.39, 0.29) is 11.2 Å². The lowest BCUT2D eigenvalue weighted by molar-refractivity contribution is 0.101. The number of rotatable bonds is 1. The molecule has 1 aliphatic rings. The molecule has 0 heterocycles. The number of benzene rings is 2. The van der Waals surface area contributed by atoms with Crippen molar-refractivity contribution in [2.24, 2.45) is 0 Å². The third-order valence-electron chi connectivity index (χ3n) is 4.34. The minimum absolute atomic E-state index is 0.000970. The molecule has 1 nitrogen and oxygen atoms in total. The lowest BCUT2D eigenvalue weighted by Crippen LogP contribution is -2.29. The number of hydrogen-bond donors (Lipinski definition) is 0. The van der Waals surface area contributed by atoms with Gasteiger partial charge in [-0.05, 0) is 41.5 Å². The molecule has 0 aromatic heterocycles. The van der Waals surface area contributed by atoms with Gasteiger partial charge in [0.25, 0.3) is 0 Å². The zero-order valence-corrected chi connectivity index (χ0v) is 12.8. The molecule has 106 valence electrons. The first kappa shape index (κ1) is 13.8. The van der Waals surface area contributed by atoms with Crippen LogP contribution in [0, 0.1) is 6.92 Å². The maximum atomic E-state index is 12.8. The summed E-state index contributed by atoms with van der Waals surface area (Å²) in [4.78, 5) is 12.8. The van der Waals surface area contributed by atoms with Crippen LogP contribution in [0.4, 0.5) is 0 Å². The first-order valence-electron chi connectivity index (χ1n) is 7.39. The molecule has 0 saturated carbocycles. The van der Waals surface area contributed by atoms with Crippen molar-refractivity contribution in [3.05, 3.63) is 76.4 Å². The second-order valence-electron chi connectivity index (χ2n) is 6.46. The van der Waals surface area contributed by atoms with Gasteiger partial charge >= 0.3 is 0 Å². The summed E-state index contributed by atoms with van der Waals surface area (Å²) >= 11 is 0. The van der Waals surface area contributed by atoms with Crippen molar-refractivity contribution < 1.29 is 4.79 Å². The van der Waals surface area contributed by atoms with Crippen molar-refractivity contribution >= 4 is 11.9 Å². The maximum Gasteiger partial charge on any atom is 0.189 e. The van der Waals surface area contributed by atoms with Gasteiger partial charge in [0, 0.05) is 11.1 Å². The third-order valence-corrected chi connectivity index (χ3v) is 4.34. The van der Waals surface area contributed by atoms with Crippen molar-refractivity contribution in [1.29, 1.82) is 0 Å². The summed E-state index contributed by atoms with van der Waals surface area (Å²) < 4.78 is 0. The van der Waals surface area contributed by atoms with E-state index in [1.807, 2.05) is 30.3 Å². The molecule has 0 N–H and O–H groups in total. The fourth-order valence-electron chi connectivity index (χ4n) is 3.15. The molecular weight excluding hydrogens is 256 g/mol. The summed E-state index contributed by atoms with van der Waals surface area (Å²) in [5, 5.41) is 0. The smallest absolute Gasteiger partial charge is 0.189 e. The number of allylic oxidation sites excluding steroid dienone is 1. The van der Waals surface area contributed by atoms with Crippen molar-refractivity contribution in [1.82, 2.24) is 0 Å². The Kier molecular flexibility index (Phi) is 3.29. The topological polar surface area (TPSA) is 17.1 Å². The van der Waals surface area contributed by atoms with E-state index in [0.717, 1.165) is 28.7 Å². The number of hydrogen-bond acceptors (Lipinski definition) is 1. The predicted molar refractivity (Wildman–Crippen MR) is 87.6 cm³/mol. The number of aryl methyl sites for hydroxylation is 1. The molecule has 2 aromatic rings. The quantitative estimate of drug-likeness (QED) is 0.674. The van der Waals surface area contributed by atoms with Crippen molar-refractivity contribution in [3.8, 4) is 0 Å². The Hall–Kier alpha value is -2.15. The van der Waals surface area contributed by atoms with E-state index in [4.69, 9.17) is 0 Å². The van der Waals surface area contributed by atoms with Gasteiger partial charge in [-0.1, -0.05) is 62.4 Å². The van der Waals surface area contributed by atoms with Crippen LogP contribution >= 0.6 is 0 Å². The van der Waals surface area contributed by atoms with Gasteiger partial charge in [-0.2, -0.15) is 0 Å². The molecule has 0 aliphatic heterocycles. The van der Waals surface area contributed by atoms with E-state index in [1.165, 1.54) is 5.56 Å². The molecule has 0 unspecified atom stereocenters. The molecule has 0 saturated heterocycles. The summed E-state index contributed by atoms with van der Waals surface area (Å²) in [6.45, 7) is 6.51. The summed E-state index contributed by atoms with van der Waals surface area (Å²) in [7, 11) is 0. The Balaban J connectivity index is 2.12. The Bertz CT molecular complexity index is 735. The molecule has 2 aromatic carbocycles. The highest BCUT2D eigenvalue weighted by Crippen LogP contribution is 2.39. The van der Waals surface area contributed by atoms with Crippen molar-refractivity contribution in [2.75, 3.05) is 0 Å². The maximum absolute atomic E-state index is 12.8. The zero-order chi connectivity index (χ0) is 15.0. The van der Waals surface area contributed by atoms with Gasteiger partial charge in [0.15, 0.2) is 5.78 Å². The summed E-state index contributed by atoms with van der Waals surface area (Å²) in [6.07, 6.45) is 2.85. The molecule has 0 radical (unpaired) electrons. The number of ketones is 1. The van der Waals surface area contributed by atoms with Crippen LogP contribution in [-0.2, 0) is 5.41 Å². The summed E-state index contributed by atoms with van der Waals surface area (Å²) in [5.41, 5.74) is 5.27. The largest absolute Gasteiger partial charge is 0.289 e. The van der Waals surface area contributed by atoms with E-state index in [2.05, 4.69) is 45.0 Å². The van der Waals surface area contributed by atoms with Crippen LogP contribution in [-0.4, -0.2) is 5.78 Å². The molecule has 21 heavy (non-hydrogen) atoms. The van der Waals surface area contributed by atoms with E-state index in [9.17, 15) is 4.79 Å². The lowest BCUT2D eigenvalue weighted by atomic mass is 9.70. The molecule has 3 rings (SSSR count). The van der Waals surface area contributed by atoms with Crippen LogP contribution in [0.2, 0.25) is 0 Å². The van der Waals surface area contributed by atoms with E-state index < -0.39 is 0 Å². The number of Topliss-reactive ketones (excluding diaryl/α,β-unsaturated/α-hetero) is 1. The van der Waals surface area contributed by atoms with Crippen LogP contribution in [0.3, 0.4) is 0 Å². The van der Waals surface area contributed by atoms with Crippen molar-refractivity contribution in [2.45, 2.75) is 32.6 Å². The normalized spacial score (nSPS) is 18.6. The van der Waals surface area contributed by atoms with E-state index >= 15 is 0 Å². The van der Waals surface area contributed by atoms with E-state index in [0.29, 0.717) is 0 Å². The van der Waals surface area contributed by atoms with Crippen LogP contribution in [0.15, 0.2) is 54.1 Å². The molecular formula is C20H20O. The molecule has 1 aliphatic carbocycles. The minimum atomic E-state index is -0.000970. The van der Waals surface area contributed by atoms with Crippen LogP contribution in [0.25, 0.3) is 6.08 Å². The standard InChI is InChI=1S/C20H20O/c1-14-8-4-5-9-15(14)12-16-13-20(2,3)18-11-7-6-10-17(18)19(16)21/h4-12H,13H2,1-3H3/b16-12+. The summed E-state index contributed by atoms with van der Waals surface area (Å²) in [5.74, 6) is 0.174. The van der Waals surface area contributed by atoms with E-state index in [1.54, 1.807) is 0 Å². The Labute approximate surface area is 126 Å². The predicted octanol–water partition coefficient (Wildman–Crippen LogP) is 4.94. The molecule has 0 bridgehead atoms.